The normalized spacial score (nSPS) is 23.4. The fraction of sp³-hybridized carbons (Fsp3) is 0.400. The van der Waals surface area contributed by atoms with Gasteiger partial charge in [0.15, 0.2) is 10.5 Å². The Kier molecular flexibility index (Phi) is 5.25. The van der Waals surface area contributed by atoms with Gasteiger partial charge in [0.25, 0.3) is 43.9 Å². The van der Waals surface area contributed by atoms with Gasteiger partial charge in [-0.1, -0.05) is 0 Å². The van der Waals surface area contributed by atoms with Crippen LogP contribution in [0.3, 0.4) is 0 Å². The van der Waals surface area contributed by atoms with Crippen LogP contribution in [-0.4, -0.2) is 82.1 Å². The van der Waals surface area contributed by atoms with Crippen molar-refractivity contribution in [2.45, 2.75) is 23.3 Å². The molecule has 0 radical (unpaired) electrons. The van der Waals surface area contributed by atoms with Crippen LogP contribution in [0, 0.1) is 0 Å². The quantitative estimate of drug-likeness (QED) is 0.238. The molecular weight excluding hydrogens is 436 g/mol. The third-order valence-corrected chi connectivity index (χ3v) is 5.53. The van der Waals surface area contributed by atoms with Gasteiger partial charge in [0.1, 0.15) is 0 Å². The van der Waals surface area contributed by atoms with Gasteiger partial charge in [-0.2, -0.15) is 16.8 Å². The van der Waals surface area contributed by atoms with Crippen molar-refractivity contribution < 1.29 is 64.4 Å². The molecule has 0 aliphatic carbocycles. The van der Waals surface area contributed by atoms with Crippen molar-refractivity contribution in [2.24, 2.45) is 0 Å². The van der Waals surface area contributed by atoms with Crippen molar-refractivity contribution in [3.8, 4) is 0 Å². The van der Waals surface area contributed by atoms with Gasteiger partial charge in [-0.15, -0.1) is 10.1 Å². The van der Waals surface area contributed by atoms with Crippen LogP contribution < -0.4 is 0 Å². The Morgan fingerprint density at radius 1 is 0.750 bits per heavy atom. The Morgan fingerprint density at radius 3 is 1.25 bits per heavy atom. The van der Waals surface area contributed by atoms with Crippen molar-refractivity contribution >= 4 is 55.8 Å². The molecule has 28 heavy (non-hydrogen) atoms. The molecule has 2 rings (SSSR count). The molecule has 0 aromatic carbocycles. The molecule has 154 valence electrons. The number of hydrogen-bond acceptors (Lipinski definition) is 12. The molecule has 2 heterocycles. The summed E-state index contributed by atoms with van der Waals surface area (Å²) in [5, 5.41) is -5.45. The average molecular weight is 444 g/mol. The summed E-state index contributed by atoms with van der Waals surface area (Å²) in [6, 6.07) is 0. The van der Waals surface area contributed by atoms with E-state index in [4.69, 9.17) is 9.11 Å². The van der Waals surface area contributed by atoms with Crippen molar-refractivity contribution in [2.75, 3.05) is 0 Å². The maximum atomic E-state index is 11.6. The van der Waals surface area contributed by atoms with E-state index >= 15 is 0 Å². The van der Waals surface area contributed by atoms with Gasteiger partial charge in [0.2, 0.25) is 0 Å². The molecule has 2 aliphatic rings. The average Bonchev–Trinajstić information content (AvgIpc) is 2.98. The third kappa shape index (κ3) is 3.98. The SMILES string of the molecule is O=C(ON1C(=O)C[C@H](S(=O)(=O)O)C1=O)C(=O)ON1C(=O)C[C@H](S(=O)(=O)O)C1=O. The van der Waals surface area contributed by atoms with Crippen LogP contribution >= 0.6 is 0 Å². The first-order valence-electron chi connectivity index (χ1n) is 6.75. The molecule has 18 heteroatoms. The minimum absolute atomic E-state index is 0.448. The highest BCUT2D eigenvalue weighted by Gasteiger charge is 2.51. The summed E-state index contributed by atoms with van der Waals surface area (Å²) in [7, 11) is -10.0. The van der Waals surface area contributed by atoms with Gasteiger partial charge in [-0.25, -0.2) is 9.59 Å². The van der Waals surface area contributed by atoms with Crippen LogP contribution in [0.25, 0.3) is 0 Å². The van der Waals surface area contributed by atoms with Gasteiger partial charge < -0.3 is 9.68 Å². The summed E-state index contributed by atoms with van der Waals surface area (Å²) < 4.78 is 61.4. The van der Waals surface area contributed by atoms with E-state index in [1.165, 1.54) is 0 Å². The Hall–Kier alpha value is -2.96. The highest BCUT2D eigenvalue weighted by Crippen LogP contribution is 2.21. The molecule has 0 spiro atoms. The first kappa shape index (κ1) is 21.3. The van der Waals surface area contributed by atoms with E-state index in [0.29, 0.717) is 0 Å². The van der Waals surface area contributed by atoms with Crippen LogP contribution in [0.2, 0.25) is 0 Å². The van der Waals surface area contributed by atoms with Crippen molar-refractivity contribution in [1.29, 1.82) is 0 Å². The largest absolute Gasteiger partial charge is 0.444 e. The van der Waals surface area contributed by atoms with E-state index in [1.807, 2.05) is 0 Å². The van der Waals surface area contributed by atoms with Crippen molar-refractivity contribution in [3.63, 3.8) is 0 Å². The van der Waals surface area contributed by atoms with E-state index in [0.717, 1.165) is 0 Å². The second-order valence-corrected chi connectivity index (χ2v) is 8.42. The zero-order valence-electron chi connectivity index (χ0n) is 13.1. The number of imide groups is 2. The maximum absolute atomic E-state index is 11.6. The van der Waals surface area contributed by atoms with Gasteiger partial charge in [-0.05, 0) is 0 Å². The van der Waals surface area contributed by atoms with Crippen LogP contribution in [0.4, 0.5) is 0 Å². The van der Waals surface area contributed by atoms with E-state index < -0.39 is 89.3 Å². The van der Waals surface area contributed by atoms with Crippen molar-refractivity contribution in [3.05, 3.63) is 0 Å². The predicted octanol–water partition coefficient (Wildman–Crippen LogP) is -4.07. The minimum atomic E-state index is -5.02. The second kappa shape index (κ2) is 6.89. The molecule has 0 aromatic rings. The molecule has 2 aliphatic heterocycles. The molecule has 2 fully saturated rings. The fourth-order valence-corrected chi connectivity index (χ4v) is 3.47. The molecule has 0 unspecified atom stereocenters. The predicted molar refractivity (Wildman–Crippen MR) is 75.8 cm³/mol. The molecular formula is C10H8N2O14S2. The Bertz CT molecular complexity index is 929. The molecule has 0 saturated carbocycles. The fourth-order valence-electron chi connectivity index (χ4n) is 2.06. The topological polar surface area (TPSA) is 236 Å². The lowest BCUT2D eigenvalue weighted by Gasteiger charge is -2.15. The Balaban J connectivity index is 2.07. The van der Waals surface area contributed by atoms with E-state index in [2.05, 4.69) is 9.68 Å². The van der Waals surface area contributed by atoms with Crippen LogP contribution in [0.15, 0.2) is 0 Å². The van der Waals surface area contributed by atoms with Crippen LogP contribution in [-0.2, 0) is 58.7 Å². The molecule has 16 nitrogen and oxygen atoms in total. The molecule has 4 amide bonds. The highest BCUT2D eigenvalue weighted by atomic mass is 32.2. The zero-order valence-corrected chi connectivity index (χ0v) is 14.7. The van der Waals surface area contributed by atoms with Crippen molar-refractivity contribution in [1.82, 2.24) is 10.1 Å². The monoisotopic (exact) mass is 444 g/mol. The summed E-state index contributed by atoms with van der Waals surface area (Å²) in [6.45, 7) is 0. The van der Waals surface area contributed by atoms with Gasteiger partial charge in [-0.3, -0.25) is 28.3 Å². The summed E-state index contributed by atoms with van der Waals surface area (Å²) in [5.41, 5.74) is 0. The minimum Gasteiger partial charge on any atom is -0.319 e. The molecule has 2 atom stereocenters. The number of rotatable bonds is 4. The lowest BCUT2D eigenvalue weighted by Crippen LogP contribution is -2.42. The van der Waals surface area contributed by atoms with Gasteiger partial charge in [0.05, 0.1) is 12.8 Å². The molecule has 0 bridgehead atoms. The number of hydroxylamine groups is 4. The lowest BCUT2D eigenvalue weighted by atomic mass is 10.4. The van der Waals surface area contributed by atoms with E-state index in [-0.39, 0.29) is 0 Å². The number of carbonyl (C=O) groups excluding carboxylic acids is 6. The summed E-state index contributed by atoms with van der Waals surface area (Å²) in [6.07, 6.45) is -2.20. The van der Waals surface area contributed by atoms with Crippen LogP contribution in [0.1, 0.15) is 12.8 Å². The first-order chi connectivity index (χ1) is 12.6. The number of amides is 4. The van der Waals surface area contributed by atoms with E-state index in [9.17, 15) is 45.6 Å². The third-order valence-electron chi connectivity index (χ3n) is 3.36. The Morgan fingerprint density at radius 2 is 1.04 bits per heavy atom. The summed E-state index contributed by atoms with van der Waals surface area (Å²) >= 11 is 0. The number of carbonyl (C=O) groups is 6. The zero-order chi connectivity index (χ0) is 21.6. The molecule has 0 aromatic heterocycles. The molecule has 2 N–H and O–H groups in total. The summed E-state index contributed by atoms with van der Waals surface area (Å²) in [4.78, 5) is 77.4. The standard InChI is InChI=1S/C10H8N2O14S2/c13-5-1-3(27(19,20)21)7(15)11(5)25-9(17)10(18)26-12-6(14)2-4(8(12)16)28(22,23)24/h3-4H,1-2H2,(H,19,20,21)(H,22,23,24)/t3-,4-/m0/s1. The van der Waals surface area contributed by atoms with Crippen LogP contribution in [0.5, 0.6) is 0 Å². The highest BCUT2D eigenvalue weighted by molar-refractivity contribution is 7.87. The van der Waals surface area contributed by atoms with Gasteiger partial charge >= 0.3 is 11.9 Å². The lowest BCUT2D eigenvalue weighted by molar-refractivity contribution is -0.215. The van der Waals surface area contributed by atoms with E-state index in [1.54, 1.807) is 0 Å². The van der Waals surface area contributed by atoms with Gasteiger partial charge in [0, 0.05) is 0 Å². The summed E-state index contributed by atoms with van der Waals surface area (Å²) in [5.74, 6) is -10.6. The smallest absolute Gasteiger partial charge is 0.319 e. The Labute approximate surface area is 154 Å². The maximum Gasteiger partial charge on any atom is 0.444 e. The number of hydrogen-bond donors (Lipinski definition) is 2. The second-order valence-electron chi connectivity index (χ2n) is 5.23. The first-order valence-corrected chi connectivity index (χ1v) is 9.75. The number of nitrogens with zero attached hydrogens (tertiary/aromatic N) is 2. The molecule has 2 saturated heterocycles.